The molecule has 1 saturated heterocycles. The molecule has 0 aliphatic carbocycles. The van der Waals surface area contributed by atoms with E-state index in [-0.39, 0.29) is 0 Å². The molecule has 0 amide bonds. The molecule has 3 aromatic carbocycles. The first-order valence-electron chi connectivity index (χ1n) is 16.8. The highest BCUT2D eigenvalue weighted by Crippen LogP contribution is 2.29. The van der Waals surface area contributed by atoms with Crippen molar-refractivity contribution in [3.63, 3.8) is 0 Å². The number of rotatable bonds is 15. The number of hydrogen-bond acceptors (Lipinski definition) is 5. The maximum absolute atomic E-state index is 6.02. The Hall–Kier alpha value is -3.84. The first-order valence-corrected chi connectivity index (χ1v) is 16.8. The van der Waals surface area contributed by atoms with Gasteiger partial charge in [-0.05, 0) is 74.1 Å². The number of aromatic amines is 2. The molecule has 1 aliphatic rings. The number of hydrogen-bond donors (Lipinski definition) is 2. The van der Waals surface area contributed by atoms with Gasteiger partial charge in [0.25, 0.3) is 0 Å². The van der Waals surface area contributed by atoms with E-state index in [1.807, 2.05) is 0 Å². The summed E-state index contributed by atoms with van der Waals surface area (Å²) in [4.78, 5) is 21.7. The smallest absolute Gasteiger partial charge is 0.138 e. The molecular formula is C37H48N6O. The zero-order valence-electron chi connectivity index (χ0n) is 26.6. The molecule has 0 saturated carbocycles. The van der Waals surface area contributed by atoms with Gasteiger partial charge in [-0.15, -0.1) is 0 Å². The van der Waals surface area contributed by atoms with Crippen molar-refractivity contribution in [1.29, 1.82) is 0 Å². The molecule has 3 heterocycles. The number of nitrogens with zero attached hydrogens (tertiary/aromatic N) is 4. The fraction of sp³-hybridized carbons (Fsp3) is 0.459. The quantitative estimate of drug-likeness (QED) is 0.119. The van der Waals surface area contributed by atoms with Crippen LogP contribution in [0.4, 0.5) is 5.69 Å². The number of aromatic nitrogens is 4. The molecule has 1 fully saturated rings. The van der Waals surface area contributed by atoms with Crippen molar-refractivity contribution < 1.29 is 4.74 Å². The summed E-state index contributed by atoms with van der Waals surface area (Å²) in [5.41, 5.74) is 7.34. The van der Waals surface area contributed by atoms with Gasteiger partial charge in [0.05, 0.1) is 28.7 Å². The largest absolute Gasteiger partial charge is 0.494 e. The predicted molar refractivity (Wildman–Crippen MR) is 184 cm³/mol. The molecule has 44 heavy (non-hydrogen) atoms. The van der Waals surface area contributed by atoms with Crippen LogP contribution >= 0.6 is 0 Å². The Labute approximate surface area is 262 Å². The van der Waals surface area contributed by atoms with Crippen molar-refractivity contribution in [1.82, 2.24) is 24.8 Å². The Balaban J connectivity index is 1.02. The lowest BCUT2D eigenvalue weighted by Gasteiger charge is -2.34. The number of likely N-dealkylation sites (N-methyl/N-ethyl adjacent to an activating group) is 1. The van der Waals surface area contributed by atoms with Crippen LogP contribution in [-0.2, 0) is 0 Å². The summed E-state index contributed by atoms with van der Waals surface area (Å²) in [5, 5.41) is 0. The molecule has 7 nitrogen and oxygen atoms in total. The normalized spacial score (nSPS) is 14.2. The Bertz CT molecular complexity index is 1610. The highest BCUT2D eigenvalue weighted by molar-refractivity contribution is 5.87. The van der Waals surface area contributed by atoms with E-state index in [0.29, 0.717) is 0 Å². The lowest BCUT2D eigenvalue weighted by atomic mass is 10.1. The molecule has 6 rings (SSSR count). The third-order valence-electron chi connectivity index (χ3n) is 8.98. The minimum atomic E-state index is 0.780. The molecule has 2 aromatic heterocycles. The first kappa shape index (κ1) is 30.2. The first-order chi connectivity index (χ1) is 21.7. The van der Waals surface area contributed by atoms with E-state index < -0.39 is 0 Å². The third kappa shape index (κ3) is 7.62. The number of fused-ring (bicyclic) bond motifs is 2. The van der Waals surface area contributed by atoms with E-state index in [4.69, 9.17) is 14.7 Å². The van der Waals surface area contributed by atoms with Gasteiger partial charge in [-0.25, -0.2) is 9.97 Å². The summed E-state index contributed by atoms with van der Waals surface area (Å²) >= 11 is 0. The zero-order chi connectivity index (χ0) is 30.1. The van der Waals surface area contributed by atoms with E-state index >= 15 is 0 Å². The van der Waals surface area contributed by atoms with Crippen LogP contribution in [0.25, 0.3) is 44.8 Å². The van der Waals surface area contributed by atoms with Crippen LogP contribution in [0.2, 0.25) is 0 Å². The second-order valence-electron chi connectivity index (χ2n) is 12.4. The van der Waals surface area contributed by atoms with Crippen LogP contribution in [0.15, 0.2) is 60.7 Å². The lowest BCUT2D eigenvalue weighted by Crippen LogP contribution is -2.44. The Morgan fingerprint density at radius 1 is 0.636 bits per heavy atom. The van der Waals surface area contributed by atoms with Gasteiger partial charge in [0.1, 0.15) is 17.4 Å². The fourth-order valence-electron chi connectivity index (χ4n) is 6.18. The van der Waals surface area contributed by atoms with E-state index in [1.54, 1.807) is 0 Å². The number of imidazole rings is 2. The van der Waals surface area contributed by atoms with Crippen molar-refractivity contribution in [2.75, 3.05) is 44.7 Å². The standard InChI is InChI=1S/C37H48N6O/c1-3-4-5-6-7-8-9-10-11-12-25-44-31-17-13-28(14-18-31)36-38-32-19-15-29(26-34(32)40-36)37-39-33-20-16-30(27-35(33)41-37)43-23-21-42(2)22-24-43/h13-20,26-27H,3-12,21-25H2,1-2H3,(H,38,40)(H,39,41). The van der Waals surface area contributed by atoms with Gasteiger partial charge in [-0.3, -0.25) is 0 Å². The zero-order valence-corrected chi connectivity index (χ0v) is 26.6. The number of nitrogens with one attached hydrogen (secondary N) is 2. The molecule has 2 N–H and O–H groups in total. The van der Waals surface area contributed by atoms with Crippen LogP contribution in [0.3, 0.4) is 0 Å². The number of piperazine rings is 1. The fourth-order valence-corrected chi connectivity index (χ4v) is 6.18. The second-order valence-corrected chi connectivity index (χ2v) is 12.4. The highest BCUT2D eigenvalue weighted by Gasteiger charge is 2.16. The molecule has 0 radical (unpaired) electrons. The molecule has 0 unspecified atom stereocenters. The summed E-state index contributed by atoms with van der Waals surface area (Å²) < 4.78 is 6.02. The van der Waals surface area contributed by atoms with Crippen molar-refractivity contribution in [3.8, 4) is 28.5 Å². The van der Waals surface area contributed by atoms with Crippen molar-refractivity contribution in [3.05, 3.63) is 60.7 Å². The molecular weight excluding hydrogens is 544 g/mol. The van der Waals surface area contributed by atoms with Gasteiger partial charge in [-0.2, -0.15) is 0 Å². The summed E-state index contributed by atoms with van der Waals surface area (Å²) in [6, 6.07) is 21.1. The van der Waals surface area contributed by atoms with E-state index in [1.165, 1.54) is 63.5 Å². The van der Waals surface area contributed by atoms with Crippen LogP contribution in [0, 0.1) is 0 Å². The molecule has 0 spiro atoms. The number of ether oxygens (including phenoxy) is 1. The maximum Gasteiger partial charge on any atom is 0.138 e. The van der Waals surface area contributed by atoms with E-state index in [2.05, 4.69) is 94.4 Å². The highest BCUT2D eigenvalue weighted by atomic mass is 16.5. The van der Waals surface area contributed by atoms with Gasteiger partial charge in [-0.1, -0.05) is 64.7 Å². The van der Waals surface area contributed by atoms with Crippen molar-refractivity contribution in [2.24, 2.45) is 0 Å². The molecule has 5 aromatic rings. The Kier molecular flexibility index (Phi) is 10.1. The van der Waals surface area contributed by atoms with E-state index in [9.17, 15) is 0 Å². The summed E-state index contributed by atoms with van der Waals surface area (Å²) in [5.74, 6) is 2.65. The molecule has 1 aliphatic heterocycles. The van der Waals surface area contributed by atoms with Crippen LogP contribution in [0.5, 0.6) is 5.75 Å². The van der Waals surface area contributed by atoms with Gasteiger partial charge in [0, 0.05) is 43.0 Å². The van der Waals surface area contributed by atoms with E-state index in [0.717, 1.165) is 89.8 Å². The van der Waals surface area contributed by atoms with Crippen molar-refractivity contribution in [2.45, 2.75) is 71.1 Å². The third-order valence-corrected chi connectivity index (χ3v) is 8.98. The average molecular weight is 593 g/mol. The molecule has 7 heteroatoms. The second kappa shape index (κ2) is 14.8. The molecule has 0 atom stereocenters. The average Bonchev–Trinajstić information content (AvgIpc) is 3.68. The number of unbranched alkanes of at least 4 members (excludes halogenated alkanes) is 9. The molecule has 232 valence electrons. The Morgan fingerprint density at radius 3 is 1.89 bits per heavy atom. The number of benzene rings is 3. The van der Waals surface area contributed by atoms with Gasteiger partial charge in [0.2, 0.25) is 0 Å². The van der Waals surface area contributed by atoms with Gasteiger partial charge < -0.3 is 24.5 Å². The van der Waals surface area contributed by atoms with Gasteiger partial charge in [0.15, 0.2) is 0 Å². The summed E-state index contributed by atoms with van der Waals surface area (Å²) in [6.07, 6.45) is 13.3. The summed E-state index contributed by atoms with van der Waals surface area (Å²) in [7, 11) is 2.19. The van der Waals surface area contributed by atoms with Crippen LogP contribution < -0.4 is 9.64 Å². The Morgan fingerprint density at radius 2 is 1.20 bits per heavy atom. The number of anilines is 1. The minimum Gasteiger partial charge on any atom is -0.494 e. The lowest BCUT2D eigenvalue weighted by molar-refractivity contribution is 0.304. The SMILES string of the molecule is CCCCCCCCCCCCOc1ccc(-c2nc3ccc(-c4nc5ccc(N6CCN(C)CC6)cc5[nH]4)cc3[nH]2)cc1. The maximum atomic E-state index is 6.02. The van der Waals surface area contributed by atoms with Crippen molar-refractivity contribution >= 4 is 27.8 Å². The topological polar surface area (TPSA) is 73.1 Å². The van der Waals surface area contributed by atoms with Gasteiger partial charge >= 0.3 is 0 Å². The predicted octanol–water partition coefficient (Wildman–Crippen LogP) is 8.82. The minimum absolute atomic E-state index is 0.780. The van der Waals surface area contributed by atoms with Crippen LogP contribution in [-0.4, -0.2) is 64.7 Å². The number of H-pyrrole nitrogens is 2. The van der Waals surface area contributed by atoms with Crippen LogP contribution in [0.1, 0.15) is 71.1 Å². The summed E-state index contributed by atoms with van der Waals surface area (Å²) in [6.45, 7) is 7.35. The molecule has 0 bridgehead atoms. The monoisotopic (exact) mass is 592 g/mol.